The van der Waals surface area contributed by atoms with Crippen LogP contribution in [0.1, 0.15) is 47.2 Å². The van der Waals surface area contributed by atoms with Crippen LogP contribution in [0.4, 0.5) is 13.2 Å². The molecule has 1 amide bonds. The minimum absolute atomic E-state index is 0.207. The Morgan fingerprint density at radius 3 is 2.74 bits per heavy atom. The molecular weight excluding hydrogens is 351 g/mol. The van der Waals surface area contributed by atoms with Crippen LogP contribution >= 0.6 is 0 Å². The molecule has 0 spiro atoms. The summed E-state index contributed by atoms with van der Waals surface area (Å²) in [6, 6.07) is 10.7. The Balaban J connectivity index is 1.70. The number of aryl methyl sites for hydroxylation is 1. The van der Waals surface area contributed by atoms with Gasteiger partial charge in [-0.3, -0.25) is 4.79 Å². The molecule has 0 fully saturated rings. The molecule has 1 N–H and O–H groups in total. The Morgan fingerprint density at radius 1 is 1.19 bits per heavy atom. The second kappa shape index (κ2) is 7.82. The van der Waals surface area contributed by atoms with Crippen LogP contribution in [0.15, 0.2) is 54.6 Å². The average molecular weight is 371 g/mol. The molecule has 0 aliphatic heterocycles. The van der Waals surface area contributed by atoms with Gasteiger partial charge >= 0.3 is 6.18 Å². The molecule has 5 heteroatoms. The van der Waals surface area contributed by atoms with Gasteiger partial charge in [0.15, 0.2) is 0 Å². The standard InChI is InChI=1S/C22H20F3NO/c1-15(19-11-5-8-17-7-2-3-10-20(17)19)26-21(27)13-12-16-6-4-9-18(14-16)22(23,24)25/h3-6,8-15H,2,7H2,1H3,(H,26,27)/b13-12+. The van der Waals surface area contributed by atoms with Crippen LogP contribution in [-0.4, -0.2) is 5.91 Å². The molecule has 0 bridgehead atoms. The lowest BCUT2D eigenvalue weighted by atomic mass is 9.90. The first kappa shape index (κ1) is 19.0. The minimum Gasteiger partial charge on any atom is -0.346 e. The number of alkyl halides is 3. The Labute approximate surface area is 156 Å². The van der Waals surface area contributed by atoms with Gasteiger partial charge < -0.3 is 5.32 Å². The summed E-state index contributed by atoms with van der Waals surface area (Å²) in [5, 5.41) is 2.88. The third-order valence-electron chi connectivity index (χ3n) is 4.56. The van der Waals surface area contributed by atoms with Crippen molar-refractivity contribution in [3.63, 3.8) is 0 Å². The van der Waals surface area contributed by atoms with Crippen molar-refractivity contribution in [1.29, 1.82) is 0 Å². The van der Waals surface area contributed by atoms with Crippen LogP contribution in [-0.2, 0) is 17.4 Å². The maximum atomic E-state index is 12.8. The van der Waals surface area contributed by atoms with Gasteiger partial charge in [0, 0.05) is 6.08 Å². The molecule has 1 aliphatic rings. The van der Waals surface area contributed by atoms with E-state index in [0.717, 1.165) is 36.1 Å². The molecule has 27 heavy (non-hydrogen) atoms. The van der Waals surface area contributed by atoms with Gasteiger partial charge in [0.1, 0.15) is 0 Å². The van der Waals surface area contributed by atoms with Gasteiger partial charge in [-0.15, -0.1) is 0 Å². The van der Waals surface area contributed by atoms with Crippen LogP contribution < -0.4 is 5.32 Å². The second-order valence-corrected chi connectivity index (χ2v) is 6.55. The first-order valence-corrected chi connectivity index (χ1v) is 8.79. The van der Waals surface area contributed by atoms with Crippen molar-refractivity contribution in [2.45, 2.75) is 32.0 Å². The normalized spacial score (nSPS) is 14.8. The third-order valence-corrected chi connectivity index (χ3v) is 4.56. The van der Waals surface area contributed by atoms with Gasteiger partial charge in [-0.05, 0) is 60.2 Å². The van der Waals surface area contributed by atoms with Crippen molar-refractivity contribution in [1.82, 2.24) is 5.32 Å². The Morgan fingerprint density at radius 2 is 1.96 bits per heavy atom. The lowest BCUT2D eigenvalue weighted by Gasteiger charge is -2.20. The summed E-state index contributed by atoms with van der Waals surface area (Å²) in [5.41, 5.74) is 3.02. The quantitative estimate of drug-likeness (QED) is 0.701. The van der Waals surface area contributed by atoms with Crippen molar-refractivity contribution in [2.24, 2.45) is 0 Å². The molecule has 1 unspecified atom stereocenters. The molecule has 1 atom stereocenters. The van der Waals surface area contributed by atoms with E-state index in [0.29, 0.717) is 5.56 Å². The molecule has 0 saturated heterocycles. The first-order chi connectivity index (χ1) is 12.8. The molecular formula is C22H20F3NO. The fourth-order valence-electron chi connectivity index (χ4n) is 3.20. The number of carbonyl (C=O) groups is 1. The monoisotopic (exact) mass is 371 g/mol. The van der Waals surface area contributed by atoms with Gasteiger partial charge in [0.05, 0.1) is 11.6 Å². The number of carbonyl (C=O) groups excluding carboxylic acids is 1. The molecule has 0 radical (unpaired) electrons. The molecule has 0 heterocycles. The fourth-order valence-corrected chi connectivity index (χ4v) is 3.20. The lowest BCUT2D eigenvalue weighted by molar-refractivity contribution is -0.137. The summed E-state index contributed by atoms with van der Waals surface area (Å²) in [5.74, 6) is -0.350. The zero-order valence-corrected chi connectivity index (χ0v) is 14.9. The lowest BCUT2D eigenvalue weighted by Crippen LogP contribution is -2.25. The number of fused-ring (bicyclic) bond motifs is 1. The molecule has 140 valence electrons. The maximum absolute atomic E-state index is 12.8. The van der Waals surface area contributed by atoms with Gasteiger partial charge in [-0.25, -0.2) is 0 Å². The Kier molecular flexibility index (Phi) is 5.49. The zero-order valence-electron chi connectivity index (χ0n) is 14.9. The smallest absolute Gasteiger partial charge is 0.346 e. The zero-order chi connectivity index (χ0) is 19.4. The van der Waals surface area contributed by atoms with Gasteiger partial charge in [0.2, 0.25) is 5.91 Å². The van der Waals surface area contributed by atoms with E-state index in [1.807, 2.05) is 19.1 Å². The third kappa shape index (κ3) is 4.67. The summed E-state index contributed by atoms with van der Waals surface area (Å²) < 4.78 is 38.3. The number of halogens is 3. The summed E-state index contributed by atoms with van der Waals surface area (Å²) in [6.45, 7) is 1.90. The molecule has 0 saturated carbocycles. The highest BCUT2D eigenvalue weighted by Crippen LogP contribution is 2.30. The molecule has 2 aromatic carbocycles. The molecule has 3 rings (SSSR count). The number of hydrogen-bond donors (Lipinski definition) is 1. The predicted molar refractivity (Wildman–Crippen MR) is 101 cm³/mol. The van der Waals surface area contributed by atoms with Crippen LogP contribution in [0.3, 0.4) is 0 Å². The predicted octanol–water partition coefficient (Wildman–Crippen LogP) is 5.56. The van der Waals surface area contributed by atoms with E-state index in [9.17, 15) is 18.0 Å². The minimum atomic E-state index is -4.40. The second-order valence-electron chi connectivity index (χ2n) is 6.55. The molecule has 0 aromatic heterocycles. The highest BCUT2D eigenvalue weighted by atomic mass is 19.4. The van der Waals surface area contributed by atoms with E-state index in [2.05, 4.69) is 23.5 Å². The van der Waals surface area contributed by atoms with E-state index in [1.54, 1.807) is 0 Å². The summed E-state index contributed by atoms with van der Waals surface area (Å²) in [7, 11) is 0. The molecule has 1 aliphatic carbocycles. The SMILES string of the molecule is CC(NC(=O)/C=C/c1cccc(C(F)(F)F)c1)c1cccc2c1C=CCC2. The number of nitrogens with one attached hydrogen (secondary N) is 1. The highest BCUT2D eigenvalue weighted by molar-refractivity contribution is 5.92. The Hall–Kier alpha value is -2.82. The summed E-state index contributed by atoms with van der Waals surface area (Å²) in [4.78, 5) is 12.2. The van der Waals surface area contributed by atoms with E-state index in [4.69, 9.17) is 0 Å². The summed E-state index contributed by atoms with van der Waals surface area (Å²) in [6.07, 6.45) is 4.44. The number of rotatable bonds is 4. The van der Waals surface area contributed by atoms with E-state index in [-0.39, 0.29) is 11.9 Å². The maximum Gasteiger partial charge on any atom is 0.416 e. The number of benzene rings is 2. The highest BCUT2D eigenvalue weighted by Gasteiger charge is 2.30. The topological polar surface area (TPSA) is 29.1 Å². The van der Waals surface area contributed by atoms with Crippen molar-refractivity contribution in [2.75, 3.05) is 0 Å². The van der Waals surface area contributed by atoms with Crippen LogP contribution in [0, 0.1) is 0 Å². The number of amides is 1. The Bertz CT molecular complexity index is 897. The largest absolute Gasteiger partial charge is 0.416 e. The summed E-state index contributed by atoms with van der Waals surface area (Å²) >= 11 is 0. The van der Waals surface area contributed by atoms with Crippen molar-refractivity contribution in [3.8, 4) is 0 Å². The van der Waals surface area contributed by atoms with E-state index >= 15 is 0 Å². The average Bonchev–Trinajstić information content (AvgIpc) is 2.65. The van der Waals surface area contributed by atoms with Crippen LogP contribution in [0.25, 0.3) is 12.2 Å². The van der Waals surface area contributed by atoms with Crippen molar-refractivity contribution < 1.29 is 18.0 Å². The number of hydrogen-bond acceptors (Lipinski definition) is 1. The van der Waals surface area contributed by atoms with Gasteiger partial charge in [-0.2, -0.15) is 13.2 Å². The van der Waals surface area contributed by atoms with Gasteiger partial charge in [-0.1, -0.05) is 42.5 Å². The van der Waals surface area contributed by atoms with E-state index < -0.39 is 11.7 Å². The first-order valence-electron chi connectivity index (χ1n) is 8.79. The molecule has 2 aromatic rings. The molecule has 2 nitrogen and oxygen atoms in total. The fraction of sp³-hybridized carbons (Fsp3) is 0.227. The number of allylic oxidation sites excluding steroid dienone is 1. The van der Waals surface area contributed by atoms with Gasteiger partial charge in [0.25, 0.3) is 0 Å². The van der Waals surface area contributed by atoms with Crippen molar-refractivity contribution >= 4 is 18.1 Å². The van der Waals surface area contributed by atoms with E-state index in [1.165, 1.54) is 29.8 Å². The van der Waals surface area contributed by atoms with Crippen molar-refractivity contribution in [3.05, 3.63) is 82.4 Å². The van der Waals surface area contributed by atoms with Crippen LogP contribution in [0.5, 0.6) is 0 Å². The van der Waals surface area contributed by atoms with Crippen LogP contribution in [0.2, 0.25) is 0 Å².